The van der Waals surface area contributed by atoms with Crippen molar-refractivity contribution in [2.45, 2.75) is 36.5 Å². The van der Waals surface area contributed by atoms with E-state index in [1.54, 1.807) is 18.4 Å². The second-order valence-corrected chi connectivity index (χ2v) is 7.97. The first-order chi connectivity index (χ1) is 14.7. The van der Waals surface area contributed by atoms with Crippen LogP contribution < -0.4 is 14.8 Å². The van der Waals surface area contributed by atoms with Crippen molar-refractivity contribution >= 4 is 17.7 Å². The summed E-state index contributed by atoms with van der Waals surface area (Å²) in [7, 11) is 0. The molecule has 0 saturated heterocycles. The zero-order chi connectivity index (χ0) is 20.9. The van der Waals surface area contributed by atoms with Crippen molar-refractivity contribution in [1.82, 2.24) is 20.1 Å². The number of nitrogens with zero attached hydrogens (tertiary/aromatic N) is 3. The van der Waals surface area contributed by atoms with Gasteiger partial charge in [0.25, 0.3) is 0 Å². The number of hydrogen-bond acceptors (Lipinski definition) is 7. The van der Waals surface area contributed by atoms with Crippen molar-refractivity contribution in [2.75, 3.05) is 6.61 Å². The quantitative estimate of drug-likeness (QED) is 0.436. The molecule has 30 heavy (non-hydrogen) atoms. The predicted octanol–water partition coefficient (Wildman–Crippen LogP) is 3.37. The van der Waals surface area contributed by atoms with E-state index in [0.717, 1.165) is 0 Å². The molecular weight excluding hydrogens is 404 g/mol. The average molecular weight is 426 g/mol. The van der Waals surface area contributed by atoms with Crippen LogP contribution in [-0.2, 0) is 17.9 Å². The Morgan fingerprint density at radius 2 is 2.17 bits per heavy atom. The fourth-order valence-electron chi connectivity index (χ4n) is 3.02. The molecule has 156 valence electrons. The molecule has 0 bridgehead atoms. The van der Waals surface area contributed by atoms with Gasteiger partial charge in [-0.2, -0.15) is 0 Å². The normalized spacial score (nSPS) is 16.1. The number of para-hydroxylation sites is 2. The van der Waals surface area contributed by atoms with Crippen LogP contribution in [0.15, 0.2) is 64.9 Å². The molecule has 0 spiro atoms. The van der Waals surface area contributed by atoms with Crippen LogP contribution in [0.4, 0.5) is 0 Å². The smallest absolute Gasteiger partial charge is 0.233 e. The number of benzene rings is 1. The molecule has 1 aliphatic heterocycles. The summed E-state index contributed by atoms with van der Waals surface area (Å²) in [5, 5.41) is 11.7. The maximum atomic E-state index is 12.5. The van der Waals surface area contributed by atoms with Gasteiger partial charge in [0.1, 0.15) is 12.4 Å². The molecular formula is C21H22N4O4S. The van der Waals surface area contributed by atoms with Gasteiger partial charge in [0.2, 0.25) is 5.91 Å². The van der Waals surface area contributed by atoms with Gasteiger partial charge >= 0.3 is 0 Å². The Bertz CT molecular complexity index is 1020. The summed E-state index contributed by atoms with van der Waals surface area (Å²) in [5.41, 5.74) is 0. The summed E-state index contributed by atoms with van der Waals surface area (Å²) in [6.07, 6.45) is 2.94. The predicted molar refractivity (Wildman–Crippen MR) is 111 cm³/mol. The third-order valence-corrected chi connectivity index (χ3v) is 5.60. The van der Waals surface area contributed by atoms with E-state index < -0.39 is 6.10 Å². The molecule has 3 heterocycles. The average Bonchev–Trinajstić information content (AvgIpc) is 3.42. The standard InChI is InChI=1S/C21H22N4O4S/c1-3-10-25-19(18-13-28-16-8-4-5-9-17(16)29-18)23-24-21(25)30-14(2)20(26)22-12-15-7-6-11-27-15/h3-9,11,14,18H,1,10,12-13H2,2H3,(H,22,26). The third-order valence-electron chi connectivity index (χ3n) is 4.52. The first kappa shape index (κ1) is 20.1. The summed E-state index contributed by atoms with van der Waals surface area (Å²) in [4.78, 5) is 12.5. The van der Waals surface area contributed by atoms with Gasteiger partial charge < -0.3 is 19.2 Å². The lowest BCUT2D eigenvalue weighted by atomic mass is 10.2. The summed E-state index contributed by atoms with van der Waals surface area (Å²) in [5.74, 6) is 2.60. The van der Waals surface area contributed by atoms with Crippen LogP contribution in [-0.4, -0.2) is 32.5 Å². The molecule has 3 aromatic rings. The van der Waals surface area contributed by atoms with Crippen LogP contribution in [0.5, 0.6) is 11.5 Å². The van der Waals surface area contributed by atoms with E-state index in [9.17, 15) is 4.79 Å². The Kier molecular flexibility index (Phi) is 6.08. The SMILES string of the molecule is C=CCn1c(SC(C)C(=O)NCc2ccco2)nnc1C1COc2ccccc2O1. The van der Waals surface area contributed by atoms with Crippen LogP contribution in [0.2, 0.25) is 0 Å². The number of carbonyl (C=O) groups is 1. The molecule has 0 fully saturated rings. The topological polar surface area (TPSA) is 91.4 Å². The van der Waals surface area contributed by atoms with Gasteiger partial charge in [-0.1, -0.05) is 30.0 Å². The van der Waals surface area contributed by atoms with Crippen molar-refractivity contribution < 1.29 is 18.7 Å². The first-order valence-corrected chi connectivity index (χ1v) is 10.4. The lowest BCUT2D eigenvalue weighted by Crippen LogP contribution is -2.30. The number of furan rings is 1. The molecule has 1 aromatic carbocycles. The molecule has 2 aromatic heterocycles. The number of carbonyl (C=O) groups excluding carboxylic acids is 1. The maximum Gasteiger partial charge on any atom is 0.233 e. The van der Waals surface area contributed by atoms with Crippen molar-refractivity contribution in [2.24, 2.45) is 0 Å². The van der Waals surface area contributed by atoms with Crippen LogP contribution in [0.25, 0.3) is 0 Å². The van der Waals surface area contributed by atoms with E-state index in [1.807, 2.05) is 41.8 Å². The van der Waals surface area contributed by atoms with Crippen LogP contribution in [0, 0.1) is 0 Å². The zero-order valence-electron chi connectivity index (χ0n) is 16.5. The van der Waals surface area contributed by atoms with E-state index in [1.165, 1.54) is 11.8 Å². The molecule has 1 aliphatic rings. The van der Waals surface area contributed by atoms with Gasteiger partial charge in [0, 0.05) is 6.54 Å². The lowest BCUT2D eigenvalue weighted by molar-refractivity contribution is -0.120. The minimum Gasteiger partial charge on any atom is -0.485 e. The van der Waals surface area contributed by atoms with Gasteiger partial charge in [0.15, 0.2) is 28.6 Å². The Hall–Kier alpha value is -3.20. The van der Waals surface area contributed by atoms with Crippen LogP contribution in [0.1, 0.15) is 24.6 Å². The highest BCUT2D eigenvalue weighted by atomic mass is 32.2. The number of fused-ring (bicyclic) bond motifs is 1. The van der Waals surface area contributed by atoms with Gasteiger partial charge in [0.05, 0.1) is 18.1 Å². The molecule has 0 radical (unpaired) electrons. The summed E-state index contributed by atoms with van der Waals surface area (Å²) < 4.78 is 19.0. The summed E-state index contributed by atoms with van der Waals surface area (Å²) >= 11 is 1.33. The molecule has 1 N–H and O–H groups in total. The second-order valence-electron chi connectivity index (χ2n) is 6.66. The third kappa shape index (κ3) is 4.35. The fourth-order valence-corrected chi connectivity index (χ4v) is 3.91. The maximum absolute atomic E-state index is 12.5. The number of rotatable bonds is 8. The highest BCUT2D eigenvalue weighted by Gasteiger charge is 2.29. The molecule has 0 aliphatic carbocycles. The second kappa shape index (κ2) is 9.08. The Labute approximate surface area is 178 Å². The van der Waals surface area contributed by atoms with E-state index >= 15 is 0 Å². The minimum atomic E-state index is -0.398. The Morgan fingerprint density at radius 3 is 2.93 bits per heavy atom. The lowest BCUT2D eigenvalue weighted by Gasteiger charge is -2.26. The highest BCUT2D eigenvalue weighted by molar-refractivity contribution is 8.00. The molecule has 0 saturated carbocycles. The van der Waals surface area contributed by atoms with Crippen LogP contribution >= 0.6 is 11.8 Å². The Balaban J connectivity index is 1.46. The van der Waals surface area contributed by atoms with E-state index in [2.05, 4.69) is 22.1 Å². The summed E-state index contributed by atoms with van der Waals surface area (Å²) in [6.45, 7) is 6.81. The van der Waals surface area contributed by atoms with Crippen molar-refractivity contribution in [3.8, 4) is 11.5 Å². The van der Waals surface area contributed by atoms with E-state index in [4.69, 9.17) is 13.9 Å². The molecule has 4 rings (SSSR count). The summed E-state index contributed by atoms with van der Waals surface area (Å²) in [6, 6.07) is 11.1. The highest BCUT2D eigenvalue weighted by Crippen LogP contribution is 2.36. The van der Waals surface area contributed by atoms with E-state index in [0.29, 0.717) is 47.9 Å². The van der Waals surface area contributed by atoms with Gasteiger partial charge in [-0.25, -0.2) is 0 Å². The monoisotopic (exact) mass is 426 g/mol. The van der Waals surface area contributed by atoms with Gasteiger partial charge in [-0.05, 0) is 31.2 Å². The molecule has 2 unspecified atom stereocenters. The first-order valence-electron chi connectivity index (χ1n) is 9.55. The van der Waals surface area contributed by atoms with E-state index in [-0.39, 0.29) is 11.2 Å². The zero-order valence-corrected chi connectivity index (χ0v) is 17.3. The van der Waals surface area contributed by atoms with Crippen molar-refractivity contribution in [1.29, 1.82) is 0 Å². The molecule has 8 nitrogen and oxygen atoms in total. The Morgan fingerprint density at radius 1 is 1.33 bits per heavy atom. The number of allylic oxidation sites excluding steroid dienone is 1. The number of ether oxygens (including phenoxy) is 2. The van der Waals surface area contributed by atoms with Gasteiger partial charge in [-0.15, -0.1) is 16.8 Å². The van der Waals surface area contributed by atoms with Gasteiger partial charge in [-0.3, -0.25) is 9.36 Å². The molecule has 2 atom stereocenters. The number of nitrogens with one attached hydrogen (secondary N) is 1. The molecule has 9 heteroatoms. The number of hydrogen-bond donors (Lipinski definition) is 1. The van der Waals surface area contributed by atoms with Crippen molar-refractivity contribution in [3.05, 3.63) is 66.9 Å². The van der Waals surface area contributed by atoms with Crippen molar-refractivity contribution in [3.63, 3.8) is 0 Å². The minimum absolute atomic E-state index is 0.114. The number of amides is 1. The fraction of sp³-hybridized carbons (Fsp3) is 0.286. The largest absolute Gasteiger partial charge is 0.485 e. The molecule has 1 amide bonds. The number of thioether (sulfide) groups is 1. The van der Waals surface area contributed by atoms with Crippen LogP contribution in [0.3, 0.4) is 0 Å². The number of aromatic nitrogens is 3.